The van der Waals surface area contributed by atoms with Gasteiger partial charge in [0.1, 0.15) is 0 Å². The highest BCUT2D eigenvalue weighted by molar-refractivity contribution is 7.00. The molecule has 7 aromatic carbocycles. The normalized spacial score (nSPS) is 14.0. The Balaban J connectivity index is 1.49. The van der Waals surface area contributed by atoms with Gasteiger partial charge in [0.2, 0.25) is 0 Å². The molecule has 76 heavy (non-hydrogen) atoms. The summed E-state index contributed by atoms with van der Waals surface area (Å²) < 4.78 is 0. The molecule has 0 atom stereocenters. The van der Waals surface area contributed by atoms with Crippen LogP contribution in [0.2, 0.25) is 0 Å². The van der Waals surface area contributed by atoms with Crippen molar-refractivity contribution in [1.82, 2.24) is 0 Å². The largest absolute Gasteiger partial charge is 0.311 e. The van der Waals surface area contributed by atoms with Crippen LogP contribution in [0, 0.1) is 41.5 Å². The van der Waals surface area contributed by atoms with Gasteiger partial charge in [0.05, 0.1) is 5.69 Å². The lowest BCUT2D eigenvalue weighted by atomic mass is 9.33. The molecule has 2 aliphatic rings. The van der Waals surface area contributed by atoms with E-state index in [-0.39, 0.29) is 39.2 Å². The minimum Gasteiger partial charge on any atom is -0.311 e. The molecule has 4 heteroatoms. The van der Waals surface area contributed by atoms with Gasteiger partial charge in [-0.2, -0.15) is 0 Å². The summed E-state index contributed by atoms with van der Waals surface area (Å²) >= 11 is 0. The van der Waals surface area contributed by atoms with E-state index in [0.29, 0.717) is 0 Å². The molecular formula is C72H90BN3. The van der Waals surface area contributed by atoms with E-state index in [1.54, 1.807) is 0 Å². The summed E-state index contributed by atoms with van der Waals surface area (Å²) in [7, 11) is 0. The number of nitrogens with zero attached hydrogens (tertiary/aromatic N) is 3. The lowest BCUT2D eigenvalue weighted by molar-refractivity contribution is 0.585. The molecule has 0 saturated heterocycles. The predicted octanol–water partition coefficient (Wildman–Crippen LogP) is 18.9. The van der Waals surface area contributed by atoms with Crippen LogP contribution < -0.4 is 31.1 Å². The third kappa shape index (κ3) is 9.64. The van der Waals surface area contributed by atoms with E-state index < -0.39 is 0 Å². The van der Waals surface area contributed by atoms with Gasteiger partial charge in [-0.3, -0.25) is 0 Å². The molecule has 0 amide bonds. The summed E-state index contributed by atoms with van der Waals surface area (Å²) in [6, 6.07) is 44.2. The Bertz CT molecular complexity index is 3230. The summed E-state index contributed by atoms with van der Waals surface area (Å²) in [5.74, 6) is 0. The maximum absolute atomic E-state index is 2.64. The molecule has 0 saturated carbocycles. The van der Waals surface area contributed by atoms with Gasteiger partial charge in [-0.15, -0.1) is 0 Å². The summed E-state index contributed by atoms with van der Waals surface area (Å²) in [5.41, 5.74) is 30.7. The summed E-state index contributed by atoms with van der Waals surface area (Å²) in [6.45, 7) is 56.1. The smallest absolute Gasteiger partial charge is 0.252 e. The lowest BCUT2D eigenvalue weighted by Gasteiger charge is -2.46. The molecule has 0 aromatic heterocycles. The van der Waals surface area contributed by atoms with Crippen LogP contribution in [-0.4, -0.2) is 6.71 Å². The van der Waals surface area contributed by atoms with E-state index >= 15 is 0 Å². The van der Waals surface area contributed by atoms with Crippen LogP contribution in [-0.2, 0) is 32.5 Å². The Morgan fingerprint density at radius 1 is 0.289 bits per heavy atom. The van der Waals surface area contributed by atoms with E-state index in [0.717, 1.165) is 17.1 Å². The van der Waals surface area contributed by atoms with Crippen molar-refractivity contribution in [3.63, 3.8) is 0 Å². The van der Waals surface area contributed by atoms with Gasteiger partial charge in [-0.25, -0.2) is 0 Å². The fraction of sp³-hybridized carbons (Fsp3) is 0.417. The van der Waals surface area contributed by atoms with Crippen LogP contribution in [0.5, 0.6) is 0 Å². The van der Waals surface area contributed by atoms with Gasteiger partial charge in [0.15, 0.2) is 0 Å². The second-order valence-electron chi connectivity index (χ2n) is 29.3. The number of fused-ring (bicyclic) bond motifs is 4. The van der Waals surface area contributed by atoms with E-state index in [1.807, 2.05) is 0 Å². The number of rotatable bonds is 5. The fourth-order valence-electron chi connectivity index (χ4n) is 13.5. The number of benzene rings is 7. The van der Waals surface area contributed by atoms with Crippen molar-refractivity contribution in [1.29, 1.82) is 0 Å². The molecule has 2 heterocycles. The highest BCUT2D eigenvalue weighted by Gasteiger charge is 2.46. The molecule has 0 radical (unpaired) electrons. The zero-order chi connectivity index (χ0) is 55.9. The van der Waals surface area contributed by atoms with Gasteiger partial charge in [-0.05, 0) is 230 Å². The Labute approximate surface area is 461 Å². The molecule has 0 bridgehead atoms. The lowest BCUT2D eigenvalue weighted by Crippen LogP contribution is -2.62. The first-order valence-electron chi connectivity index (χ1n) is 28.3. The third-order valence-corrected chi connectivity index (χ3v) is 16.7. The first-order valence-corrected chi connectivity index (χ1v) is 28.3. The average Bonchev–Trinajstić information content (AvgIpc) is 3.26. The van der Waals surface area contributed by atoms with Gasteiger partial charge >= 0.3 is 0 Å². The topological polar surface area (TPSA) is 9.72 Å². The molecule has 9 rings (SSSR count). The number of hydrogen-bond acceptors (Lipinski definition) is 3. The van der Waals surface area contributed by atoms with Crippen molar-refractivity contribution in [3.8, 4) is 0 Å². The maximum Gasteiger partial charge on any atom is 0.252 e. The van der Waals surface area contributed by atoms with Crippen LogP contribution in [0.1, 0.15) is 191 Å². The molecule has 0 unspecified atom stereocenters. The van der Waals surface area contributed by atoms with Crippen molar-refractivity contribution in [2.75, 3.05) is 14.7 Å². The van der Waals surface area contributed by atoms with Crippen LogP contribution in [0.3, 0.4) is 0 Å². The van der Waals surface area contributed by atoms with E-state index in [2.05, 4.69) is 290 Å². The molecule has 0 spiro atoms. The average molecular weight is 1010 g/mol. The molecule has 0 aliphatic carbocycles. The van der Waals surface area contributed by atoms with E-state index in [1.165, 1.54) is 117 Å². The highest BCUT2D eigenvalue weighted by atomic mass is 15.2. The molecule has 0 N–H and O–H groups in total. The van der Waals surface area contributed by atoms with E-state index in [4.69, 9.17) is 0 Å². The predicted molar refractivity (Wildman–Crippen MR) is 336 cm³/mol. The van der Waals surface area contributed by atoms with Crippen LogP contribution in [0.25, 0.3) is 0 Å². The molecular weight excluding hydrogens is 918 g/mol. The van der Waals surface area contributed by atoms with Gasteiger partial charge in [0, 0.05) is 45.5 Å². The Morgan fingerprint density at radius 3 is 0.868 bits per heavy atom. The quantitative estimate of drug-likeness (QED) is 0.159. The zero-order valence-corrected chi connectivity index (χ0v) is 51.3. The number of aryl methyl sites for hydroxylation is 6. The number of hydrogen-bond donors (Lipinski definition) is 0. The first-order chi connectivity index (χ1) is 35.0. The second-order valence-corrected chi connectivity index (χ2v) is 29.3. The Morgan fingerprint density at radius 2 is 0.579 bits per heavy atom. The van der Waals surface area contributed by atoms with E-state index in [9.17, 15) is 0 Å². The minimum atomic E-state index is -0.0661. The van der Waals surface area contributed by atoms with Crippen LogP contribution in [0.4, 0.5) is 51.2 Å². The first kappa shape index (κ1) is 54.8. The standard InChI is InChI=1S/C72H90BN3/c1-43-33-49(25-29-54(43)67(7,8)9)74(50-26-30-55(44(2)34-50)68(10,11)12)53-39-64-66-65(40-53)76(52-28-32-57(46(4)36-52)70(16,17)18)63-38-48(6)59(72(22,23)24)42-61(63)73(66)60-41-58(71(19,20)21)47(5)37-62(60)75(64)51-27-31-56(45(3)35-51)69(13,14)15/h25-42H,1-24H3. The molecule has 7 aromatic rings. The van der Waals surface area contributed by atoms with Crippen molar-refractivity contribution in [2.24, 2.45) is 0 Å². The Hall–Kier alpha value is -6.00. The monoisotopic (exact) mass is 1010 g/mol. The minimum absolute atomic E-state index is 0.000405. The summed E-state index contributed by atoms with van der Waals surface area (Å²) in [6.07, 6.45) is 0. The van der Waals surface area contributed by atoms with Crippen molar-refractivity contribution < 1.29 is 0 Å². The van der Waals surface area contributed by atoms with Crippen LogP contribution >= 0.6 is 0 Å². The summed E-state index contributed by atoms with van der Waals surface area (Å²) in [5, 5.41) is 0. The molecule has 0 fully saturated rings. The zero-order valence-electron chi connectivity index (χ0n) is 51.3. The van der Waals surface area contributed by atoms with Gasteiger partial charge in [0.25, 0.3) is 6.71 Å². The van der Waals surface area contributed by atoms with Crippen molar-refractivity contribution in [3.05, 3.63) is 176 Å². The second kappa shape index (κ2) is 18.3. The molecule has 2 aliphatic heterocycles. The maximum atomic E-state index is 2.64. The molecule has 396 valence electrons. The molecule has 3 nitrogen and oxygen atoms in total. The van der Waals surface area contributed by atoms with Gasteiger partial charge in [-0.1, -0.05) is 161 Å². The van der Waals surface area contributed by atoms with Crippen molar-refractivity contribution >= 4 is 74.3 Å². The van der Waals surface area contributed by atoms with Gasteiger partial charge < -0.3 is 14.7 Å². The number of anilines is 9. The Kier molecular flexibility index (Phi) is 13.2. The fourth-order valence-corrected chi connectivity index (χ4v) is 13.5. The van der Waals surface area contributed by atoms with Crippen molar-refractivity contribution in [2.45, 2.75) is 199 Å². The third-order valence-electron chi connectivity index (χ3n) is 16.7. The SMILES string of the molecule is Cc1cc(N(c2ccc(C(C)(C)C)c(C)c2)c2cc3c4c(c2)N(c2ccc(C(C)(C)C)c(C)c2)c2cc(C)c(C(C)(C)C)cc2B4c2cc(C(C)(C)C)c(C)cc2N3c2ccc(C(C)(C)C)c(C)c2)ccc1C(C)(C)C. The summed E-state index contributed by atoms with van der Waals surface area (Å²) in [4.78, 5) is 7.84. The van der Waals surface area contributed by atoms with Crippen LogP contribution in [0.15, 0.2) is 109 Å². The highest BCUT2D eigenvalue weighted by Crippen LogP contribution is 2.51.